The van der Waals surface area contributed by atoms with Gasteiger partial charge >= 0.3 is 0 Å². The maximum atomic E-state index is 13.5. The van der Waals surface area contributed by atoms with Crippen molar-refractivity contribution >= 4 is 5.82 Å². The fraction of sp³-hybridized carbons (Fsp3) is 0.688. The van der Waals surface area contributed by atoms with Crippen molar-refractivity contribution in [1.29, 1.82) is 0 Å². The maximum absolute atomic E-state index is 13.5. The molecule has 1 aromatic heterocycles. The van der Waals surface area contributed by atoms with Crippen LogP contribution in [0, 0.1) is 11.7 Å². The summed E-state index contributed by atoms with van der Waals surface area (Å²) in [5.41, 5.74) is 0.982. The summed E-state index contributed by atoms with van der Waals surface area (Å²) in [6, 6.07) is 1.63. The Bertz CT molecular complexity index is 422. The molecule has 20 heavy (non-hydrogen) atoms. The van der Waals surface area contributed by atoms with Crippen LogP contribution >= 0.6 is 0 Å². The summed E-state index contributed by atoms with van der Waals surface area (Å²) in [4.78, 5) is 6.69. The van der Waals surface area contributed by atoms with E-state index in [9.17, 15) is 4.39 Å². The fourth-order valence-corrected chi connectivity index (χ4v) is 2.88. The molecule has 0 aromatic carbocycles. The number of hydrogen-bond donors (Lipinski definition) is 1. The quantitative estimate of drug-likeness (QED) is 0.809. The van der Waals surface area contributed by atoms with E-state index >= 15 is 0 Å². The molecule has 112 valence electrons. The van der Waals surface area contributed by atoms with Crippen LogP contribution in [0.15, 0.2) is 12.3 Å². The van der Waals surface area contributed by atoms with Crippen LogP contribution < -0.4 is 10.2 Å². The minimum absolute atomic E-state index is 0.244. The Morgan fingerprint density at radius 1 is 1.45 bits per heavy atom. The van der Waals surface area contributed by atoms with E-state index in [0.29, 0.717) is 6.54 Å². The van der Waals surface area contributed by atoms with Crippen molar-refractivity contribution in [2.45, 2.75) is 46.1 Å². The summed E-state index contributed by atoms with van der Waals surface area (Å²) < 4.78 is 13.5. The third kappa shape index (κ3) is 3.92. The third-order valence-corrected chi connectivity index (χ3v) is 4.05. The van der Waals surface area contributed by atoms with E-state index in [2.05, 4.69) is 29.0 Å². The van der Waals surface area contributed by atoms with E-state index < -0.39 is 0 Å². The molecule has 0 bridgehead atoms. The first-order chi connectivity index (χ1) is 9.74. The zero-order valence-corrected chi connectivity index (χ0v) is 12.7. The van der Waals surface area contributed by atoms with Gasteiger partial charge in [0.15, 0.2) is 0 Å². The van der Waals surface area contributed by atoms with Crippen molar-refractivity contribution in [2.24, 2.45) is 5.92 Å². The number of halogens is 1. The summed E-state index contributed by atoms with van der Waals surface area (Å²) in [7, 11) is 0. The van der Waals surface area contributed by atoms with Gasteiger partial charge in [-0.3, -0.25) is 0 Å². The molecule has 0 radical (unpaired) electrons. The Balaban J connectivity index is 2.12. The summed E-state index contributed by atoms with van der Waals surface area (Å²) in [5.74, 6) is 1.46. The van der Waals surface area contributed by atoms with Crippen LogP contribution in [0.1, 0.15) is 45.1 Å². The van der Waals surface area contributed by atoms with Crippen LogP contribution in [0.4, 0.5) is 10.2 Å². The standard InChI is InChI=1S/C16H26FN3/c1-3-7-18-10-14-9-15(17)11-19-16(14)20-8-5-6-13(4-2)12-20/h9,11,13,18H,3-8,10,12H2,1-2H3. The van der Waals surface area contributed by atoms with Crippen molar-refractivity contribution in [3.63, 3.8) is 0 Å². The number of nitrogens with zero attached hydrogens (tertiary/aromatic N) is 2. The third-order valence-electron chi connectivity index (χ3n) is 4.05. The Morgan fingerprint density at radius 2 is 2.30 bits per heavy atom. The molecule has 1 atom stereocenters. The van der Waals surface area contributed by atoms with Crippen LogP contribution in [0.25, 0.3) is 0 Å². The molecule has 0 amide bonds. The Kier molecular flexibility index (Phi) is 5.77. The number of nitrogens with one attached hydrogen (secondary N) is 1. The summed E-state index contributed by atoms with van der Waals surface area (Å²) in [6.07, 6.45) is 6.14. The van der Waals surface area contributed by atoms with Gasteiger partial charge in [-0.1, -0.05) is 20.3 Å². The number of aromatic nitrogens is 1. The van der Waals surface area contributed by atoms with Crippen LogP contribution in [0.2, 0.25) is 0 Å². The van der Waals surface area contributed by atoms with Crippen molar-refractivity contribution < 1.29 is 4.39 Å². The molecule has 0 aliphatic carbocycles. The lowest BCUT2D eigenvalue weighted by molar-refractivity contribution is 0.402. The van der Waals surface area contributed by atoms with Crippen molar-refractivity contribution in [2.75, 3.05) is 24.5 Å². The van der Waals surface area contributed by atoms with E-state index in [1.807, 2.05) is 0 Å². The van der Waals surface area contributed by atoms with Gasteiger partial charge in [0, 0.05) is 25.2 Å². The molecule has 1 aromatic rings. The molecule has 1 saturated heterocycles. The average Bonchev–Trinajstić information content (AvgIpc) is 2.48. The van der Waals surface area contributed by atoms with Crippen LogP contribution in [0.3, 0.4) is 0 Å². The minimum atomic E-state index is -0.244. The van der Waals surface area contributed by atoms with Crippen molar-refractivity contribution in [1.82, 2.24) is 10.3 Å². The first kappa shape index (κ1) is 15.2. The predicted molar refractivity (Wildman–Crippen MR) is 81.4 cm³/mol. The Labute approximate surface area is 121 Å². The number of hydrogen-bond acceptors (Lipinski definition) is 3. The molecule has 1 aliphatic heterocycles. The fourth-order valence-electron chi connectivity index (χ4n) is 2.88. The van der Waals surface area contributed by atoms with Gasteiger partial charge in [0.2, 0.25) is 0 Å². The van der Waals surface area contributed by atoms with Gasteiger partial charge in [-0.25, -0.2) is 9.37 Å². The van der Waals surface area contributed by atoms with E-state index in [-0.39, 0.29) is 5.82 Å². The van der Waals surface area contributed by atoms with E-state index in [0.717, 1.165) is 43.4 Å². The molecule has 0 spiro atoms. The molecule has 2 heterocycles. The normalized spacial score (nSPS) is 19.4. The lowest BCUT2D eigenvalue weighted by atomic mass is 9.95. The van der Waals surface area contributed by atoms with Crippen molar-refractivity contribution in [3.05, 3.63) is 23.6 Å². The van der Waals surface area contributed by atoms with Gasteiger partial charge < -0.3 is 10.2 Å². The SMILES string of the molecule is CCCNCc1cc(F)cnc1N1CCCC(CC)C1. The Morgan fingerprint density at radius 3 is 3.05 bits per heavy atom. The Hall–Kier alpha value is -1.16. The lowest BCUT2D eigenvalue weighted by Crippen LogP contribution is -2.36. The van der Waals surface area contributed by atoms with Gasteiger partial charge in [-0.2, -0.15) is 0 Å². The molecule has 3 nitrogen and oxygen atoms in total. The average molecular weight is 279 g/mol. The molecule has 2 rings (SSSR count). The number of piperidine rings is 1. The number of pyridine rings is 1. The smallest absolute Gasteiger partial charge is 0.141 e. The summed E-state index contributed by atoms with van der Waals surface area (Å²) in [5, 5.41) is 3.35. The highest BCUT2D eigenvalue weighted by atomic mass is 19.1. The predicted octanol–water partition coefficient (Wildman–Crippen LogP) is 3.35. The topological polar surface area (TPSA) is 28.2 Å². The molecule has 4 heteroatoms. The minimum Gasteiger partial charge on any atom is -0.356 e. The van der Waals surface area contributed by atoms with Crippen molar-refractivity contribution in [3.8, 4) is 0 Å². The van der Waals surface area contributed by atoms with E-state index in [1.54, 1.807) is 6.07 Å². The molecular weight excluding hydrogens is 253 g/mol. The van der Waals surface area contributed by atoms with E-state index in [1.165, 1.54) is 25.5 Å². The summed E-state index contributed by atoms with van der Waals surface area (Å²) >= 11 is 0. The maximum Gasteiger partial charge on any atom is 0.141 e. The van der Waals surface area contributed by atoms with Crippen LogP contribution in [-0.4, -0.2) is 24.6 Å². The second-order valence-corrected chi connectivity index (χ2v) is 5.68. The number of anilines is 1. The molecule has 1 aliphatic rings. The number of rotatable bonds is 6. The van der Waals surface area contributed by atoms with Crippen LogP contribution in [-0.2, 0) is 6.54 Å². The molecule has 1 fully saturated rings. The lowest BCUT2D eigenvalue weighted by Gasteiger charge is -2.34. The monoisotopic (exact) mass is 279 g/mol. The van der Waals surface area contributed by atoms with Crippen LogP contribution in [0.5, 0.6) is 0 Å². The zero-order chi connectivity index (χ0) is 14.4. The van der Waals surface area contributed by atoms with Gasteiger partial charge in [0.25, 0.3) is 0 Å². The zero-order valence-electron chi connectivity index (χ0n) is 12.7. The molecule has 1 N–H and O–H groups in total. The first-order valence-corrected chi connectivity index (χ1v) is 7.84. The molecule has 1 unspecified atom stereocenters. The van der Waals surface area contributed by atoms with Gasteiger partial charge in [0.1, 0.15) is 11.6 Å². The highest BCUT2D eigenvalue weighted by Crippen LogP contribution is 2.26. The highest BCUT2D eigenvalue weighted by molar-refractivity contribution is 5.47. The van der Waals surface area contributed by atoms with Gasteiger partial charge in [-0.15, -0.1) is 0 Å². The summed E-state index contributed by atoms with van der Waals surface area (Å²) in [6.45, 7) is 8.12. The second-order valence-electron chi connectivity index (χ2n) is 5.68. The van der Waals surface area contributed by atoms with Gasteiger partial charge in [0.05, 0.1) is 6.20 Å². The first-order valence-electron chi connectivity index (χ1n) is 7.84. The largest absolute Gasteiger partial charge is 0.356 e. The van der Waals surface area contributed by atoms with E-state index in [4.69, 9.17) is 0 Å². The molecule has 0 saturated carbocycles. The molecular formula is C16H26FN3. The van der Waals surface area contributed by atoms with Gasteiger partial charge in [-0.05, 0) is 37.8 Å². The second kappa shape index (κ2) is 7.58. The highest BCUT2D eigenvalue weighted by Gasteiger charge is 2.21.